The van der Waals surface area contributed by atoms with Crippen LogP contribution in [-0.4, -0.2) is 54.7 Å². The van der Waals surface area contributed by atoms with Gasteiger partial charge in [0.25, 0.3) is 0 Å². The molecule has 1 N–H and O–H groups in total. The van der Waals surface area contributed by atoms with Gasteiger partial charge in [-0.05, 0) is 79.1 Å². The van der Waals surface area contributed by atoms with Crippen LogP contribution in [0.5, 0.6) is 17.2 Å². The molecule has 1 aliphatic rings. The Morgan fingerprint density at radius 3 is 2.73 bits per heavy atom. The number of hydrogen-bond donors (Lipinski definition) is 1. The van der Waals surface area contributed by atoms with Crippen LogP contribution in [0.4, 0.5) is 22.9 Å². The fraction of sp³-hybridized carbons (Fsp3) is 0.303. The maximum absolute atomic E-state index is 6.37. The molecule has 0 saturated heterocycles. The maximum Gasteiger partial charge on any atom is 0.248 e. The Bertz CT molecular complexity index is 1600. The number of aryl methyl sites for hydroxylation is 1. The van der Waals surface area contributed by atoms with E-state index in [1.54, 1.807) is 13.4 Å². The van der Waals surface area contributed by atoms with Gasteiger partial charge in [0.1, 0.15) is 36.9 Å². The molecule has 0 fully saturated rings. The van der Waals surface area contributed by atoms with Gasteiger partial charge in [0.05, 0.1) is 18.0 Å². The van der Waals surface area contributed by atoms with Crippen LogP contribution in [0, 0.1) is 6.92 Å². The van der Waals surface area contributed by atoms with Gasteiger partial charge in [0.15, 0.2) is 12.8 Å². The van der Waals surface area contributed by atoms with Crippen molar-refractivity contribution in [2.45, 2.75) is 33.1 Å². The number of hydrogen-bond acceptors (Lipinski definition) is 7. The van der Waals surface area contributed by atoms with Crippen LogP contribution in [0.2, 0.25) is 0 Å². The van der Waals surface area contributed by atoms with Crippen LogP contribution in [0.3, 0.4) is 0 Å². The van der Waals surface area contributed by atoms with Crippen molar-refractivity contribution >= 4 is 40.0 Å². The molecule has 1 unspecified atom stereocenters. The molecule has 212 valence electrons. The Morgan fingerprint density at radius 2 is 2.02 bits per heavy atom. The van der Waals surface area contributed by atoms with Crippen LogP contribution in [0.15, 0.2) is 67.6 Å². The van der Waals surface area contributed by atoms with Crippen molar-refractivity contribution in [3.05, 3.63) is 78.8 Å². The lowest BCUT2D eigenvalue weighted by Gasteiger charge is -2.22. The number of rotatable bonds is 10. The summed E-state index contributed by atoms with van der Waals surface area (Å²) in [6, 6.07) is 16.3. The number of nitrogens with one attached hydrogen (secondary N) is 1. The third-order valence-corrected chi connectivity index (χ3v) is 7.60. The zero-order chi connectivity index (χ0) is 28.9. The van der Waals surface area contributed by atoms with E-state index in [-0.39, 0.29) is 0 Å². The van der Waals surface area contributed by atoms with E-state index in [1.807, 2.05) is 61.6 Å². The highest BCUT2D eigenvalue weighted by Gasteiger charge is 2.23. The molecule has 41 heavy (non-hydrogen) atoms. The van der Waals surface area contributed by atoms with Crippen molar-refractivity contribution in [2.75, 3.05) is 44.1 Å². The quantitative estimate of drug-likeness (QED) is 0.207. The van der Waals surface area contributed by atoms with E-state index in [0.29, 0.717) is 24.9 Å². The number of ether oxygens (including phenoxy) is 3. The predicted octanol–water partition coefficient (Wildman–Crippen LogP) is 7.32. The maximum atomic E-state index is 6.37. The normalized spacial score (nSPS) is 13.8. The summed E-state index contributed by atoms with van der Waals surface area (Å²) in [5, 5.41) is 4.31. The summed E-state index contributed by atoms with van der Waals surface area (Å²) in [6.45, 7) is 12.4. The van der Waals surface area contributed by atoms with Gasteiger partial charge in [-0.1, -0.05) is 20.4 Å². The summed E-state index contributed by atoms with van der Waals surface area (Å²) in [6.07, 6.45) is 6.46. The van der Waals surface area contributed by atoms with Crippen molar-refractivity contribution in [3.8, 4) is 17.2 Å². The molecule has 3 aromatic carbocycles. The molecule has 8 nitrogen and oxygen atoms in total. The number of aromatic nitrogens is 2. The molecule has 0 radical (unpaired) electrons. The second-order valence-corrected chi connectivity index (χ2v) is 10.2. The molecule has 0 bridgehead atoms. The fourth-order valence-electron chi connectivity index (χ4n) is 5.07. The van der Waals surface area contributed by atoms with Gasteiger partial charge in [-0.15, -0.1) is 0 Å². The Balaban J connectivity index is 1.44. The van der Waals surface area contributed by atoms with E-state index in [4.69, 9.17) is 14.2 Å². The minimum atomic E-state index is 0.393. The van der Waals surface area contributed by atoms with Crippen molar-refractivity contribution < 1.29 is 18.8 Å². The largest absolute Gasteiger partial charge is 0.490 e. The molecule has 4 aromatic rings. The van der Waals surface area contributed by atoms with Gasteiger partial charge in [-0.3, -0.25) is 0 Å². The molecule has 0 aliphatic carbocycles. The van der Waals surface area contributed by atoms with Gasteiger partial charge in [-0.25, -0.2) is 9.97 Å². The van der Waals surface area contributed by atoms with Crippen LogP contribution in [-0.2, 0) is 4.74 Å². The van der Waals surface area contributed by atoms with Crippen molar-refractivity contribution in [1.29, 1.82) is 0 Å². The lowest BCUT2D eigenvalue weighted by Crippen LogP contribution is -2.23. The van der Waals surface area contributed by atoms with E-state index in [0.717, 1.165) is 63.7 Å². The molecule has 0 amide bonds. The van der Waals surface area contributed by atoms with Crippen molar-refractivity contribution in [1.82, 2.24) is 9.97 Å². The number of anilines is 3. The summed E-state index contributed by atoms with van der Waals surface area (Å²) in [5.74, 6) is 3.40. The summed E-state index contributed by atoms with van der Waals surface area (Å²) >= 11 is 0. The first kappa shape index (κ1) is 28.1. The SMILES string of the molecule is C=CN(C)c1ccc(Oc2ccc(Nc3ncnc4ccc([N+]5=CCOCC5)c(OC)c34)cc2C)cc1C(C)CC. The second kappa shape index (κ2) is 12.4. The zero-order valence-corrected chi connectivity index (χ0v) is 24.5. The number of benzene rings is 3. The Kier molecular flexibility index (Phi) is 8.50. The lowest BCUT2D eigenvalue weighted by molar-refractivity contribution is -0.450. The van der Waals surface area contributed by atoms with Gasteiger partial charge in [-0.2, -0.15) is 4.58 Å². The highest BCUT2D eigenvalue weighted by Crippen LogP contribution is 2.40. The average Bonchev–Trinajstić information content (AvgIpc) is 3.01. The van der Waals surface area contributed by atoms with E-state index >= 15 is 0 Å². The van der Waals surface area contributed by atoms with E-state index in [2.05, 4.69) is 58.5 Å². The average molecular weight is 553 g/mol. The molecule has 0 spiro atoms. The standard InChI is InChI=1S/C33H38N5O3/c1-7-22(3)26-20-25(10-12-28(26)37(5)8-2)41-30-14-9-24(19-23(30)4)36-33-31-27(34-21-35-33)11-13-29(32(31)39-6)38-15-17-40-18-16-38/h8-15,19-22H,2,7,16-18H2,1,3-6H3,(H,34,35,36)/q+1. The Morgan fingerprint density at radius 1 is 1.17 bits per heavy atom. The second-order valence-electron chi connectivity index (χ2n) is 10.2. The number of methoxy groups -OCH3 is 1. The topological polar surface area (TPSA) is 71.8 Å². The van der Waals surface area contributed by atoms with Gasteiger partial charge >= 0.3 is 0 Å². The van der Waals surface area contributed by atoms with Crippen LogP contribution < -0.4 is 19.7 Å². The number of fused-ring (bicyclic) bond motifs is 1. The van der Waals surface area contributed by atoms with Gasteiger partial charge in [0.2, 0.25) is 11.4 Å². The van der Waals surface area contributed by atoms with E-state index in [1.165, 1.54) is 5.56 Å². The van der Waals surface area contributed by atoms with Crippen molar-refractivity contribution in [3.63, 3.8) is 0 Å². The molecule has 2 heterocycles. The summed E-state index contributed by atoms with van der Waals surface area (Å²) in [7, 11) is 3.70. The minimum Gasteiger partial charge on any atom is -0.490 e. The van der Waals surface area contributed by atoms with E-state index in [9.17, 15) is 0 Å². The molecule has 1 atom stereocenters. The lowest BCUT2D eigenvalue weighted by atomic mass is 9.96. The predicted molar refractivity (Wildman–Crippen MR) is 166 cm³/mol. The molecule has 1 aromatic heterocycles. The Hall–Kier alpha value is -4.43. The monoisotopic (exact) mass is 552 g/mol. The first-order valence-electron chi connectivity index (χ1n) is 14.0. The summed E-state index contributed by atoms with van der Waals surface area (Å²) < 4.78 is 19.9. The molecular formula is C33H38N5O3+. The molecule has 8 heteroatoms. The van der Waals surface area contributed by atoms with E-state index < -0.39 is 0 Å². The highest BCUT2D eigenvalue weighted by atomic mass is 16.5. The Labute approximate surface area is 241 Å². The zero-order valence-electron chi connectivity index (χ0n) is 24.5. The van der Waals surface area contributed by atoms with Crippen LogP contribution >= 0.6 is 0 Å². The fourth-order valence-corrected chi connectivity index (χ4v) is 5.07. The summed E-state index contributed by atoms with van der Waals surface area (Å²) in [5.41, 5.74) is 6.03. The first-order valence-corrected chi connectivity index (χ1v) is 14.0. The summed E-state index contributed by atoms with van der Waals surface area (Å²) in [4.78, 5) is 11.1. The van der Waals surface area contributed by atoms with Crippen molar-refractivity contribution in [2.24, 2.45) is 0 Å². The van der Waals surface area contributed by atoms with Gasteiger partial charge < -0.3 is 24.4 Å². The smallest absolute Gasteiger partial charge is 0.248 e. The molecule has 5 rings (SSSR count). The molecule has 1 aliphatic heterocycles. The third-order valence-electron chi connectivity index (χ3n) is 7.60. The number of nitrogens with zero attached hydrogens (tertiary/aromatic N) is 4. The minimum absolute atomic E-state index is 0.393. The third kappa shape index (κ3) is 5.88. The highest BCUT2D eigenvalue weighted by molar-refractivity contribution is 5.98. The van der Waals surface area contributed by atoms with Crippen LogP contribution in [0.25, 0.3) is 10.9 Å². The first-order chi connectivity index (χ1) is 19.9. The van der Waals surface area contributed by atoms with Crippen LogP contribution in [0.1, 0.15) is 37.3 Å². The molecular weight excluding hydrogens is 514 g/mol. The molecule has 0 saturated carbocycles. The van der Waals surface area contributed by atoms with Gasteiger partial charge in [0, 0.05) is 24.5 Å².